The number of amides is 4. The van der Waals surface area contributed by atoms with Gasteiger partial charge in [-0.1, -0.05) is 23.8 Å². The van der Waals surface area contributed by atoms with Crippen LogP contribution in [0.25, 0.3) is 0 Å². The number of rotatable bonds is 8. The van der Waals surface area contributed by atoms with Gasteiger partial charge in [0.15, 0.2) is 9.75 Å². The van der Waals surface area contributed by atoms with Crippen molar-refractivity contribution in [2.24, 2.45) is 17.8 Å². The molecule has 2 saturated heterocycles. The van der Waals surface area contributed by atoms with Gasteiger partial charge in [-0.25, -0.2) is 0 Å². The zero-order chi connectivity index (χ0) is 28.3. The van der Waals surface area contributed by atoms with Crippen LogP contribution in [0, 0.1) is 17.8 Å². The average Bonchev–Trinajstić information content (AvgIpc) is 3.22. The molecule has 4 amide bonds. The molecule has 10 nitrogen and oxygen atoms in total. The van der Waals surface area contributed by atoms with Crippen LogP contribution in [0.5, 0.6) is 5.75 Å². The molecule has 208 valence electrons. The molecule has 12 heteroatoms. The summed E-state index contributed by atoms with van der Waals surface area (Å²) < 4.78 is 5.46. The number of alkyl halides is 2. The number of nitrogens with zero attached hydrogens (tertiary/aromatic N) is 2. The van der Waals surface area contributed by atoms with Crippen LogP contribution in [0.1, 0.15) is 37.2 Å². The number of benzene rings is 1. The van der Waals surface area contributed by atoms with E-state index in [9.17, 15) is 24.0 Å². The molecule has 2 aliphatic carbocycles. The number of carbonyl (C=O) groups is 5. The van der Waals surface area contributed by atoms with Crippen molar-refractivity contribution in [2.45, 2.75) is 41.3 Å². The molecule has 0 spiro atoms. The molecule has 0 bridgehead atoms. The predicted molar refractivity (Wildman–Crippen MR) is 138 cm³/mol. The van der Waals surface area contributed by atoms with Crippen LogP contribution in [-0.4, -0.2) is 86.2 Å². The molecule has 5 rings (SSSR count). The number of hydrogen-bond acceptors (Lipinski definition) is 7. The third-order valence-electron chi connectivity index (χ3n) is 8.45. The van der Waals surface area contributed by atoms with Gasteiger partial charge < -0.3 is 14.9 Å². The first-order chi connectivity index (χ1) is 18.5. The summed E-state index contributed by atoms with van der Waals surface area (Å²) in [6, 6.07) is 6.75. The van der Waals surface area contributed by atoms with Crippen molar-refractivity contribution >= 4 is 52.8 Å². The van der Waals surface area contributed by atoms with E-state index in [1.165, 1.54) is 7.05 Å². The molecule has 1 saturated carbocycles. The molecule has 4 aliphatic rings. The molecule has 39 heavy (non-hydrogen) atoms. The lowest BCUT2D eigenvalue weighted by atomic mass is 9.56. The number of carboxylic acid groups (broad SMARTS) is 1. The molecule has 2 heterocycles. The Morgan fingerprint density at radius 3 is 2.41 bits per heavy atom. The standard InChI is InChI=1S/C27H28Cl2N2O8/c1-30-24(37)26(28)13-18-16(8-9-17-20(18)23(36)31(22(17)35)10-2-3-19(33)34)21(27(26,29)25(30)38)14-4-6-15(7-5-14)39-12-11-32/h4-8,17-18,20-21,32H,2-3,9-13H2,1H3,(H,33,34)/t17-,18+,20-,21-,26+,27-/m0/s1. The van der Waals surface area contributed by atoms with Crippen LogP contribution in [0.4, 0.5) is 0 Å². The Hall–Kier alpha value is -2.95. The summed E-state index contributed by atoms with van der Waals surface area (Å²) in [5, 5.41) is 18.0. The summed E-state index contributed by atoms with van der Waals surface area (Å²) >= 11 is 14.2. The summed E-state index contributed by atoms with van der Waals surface area (Å²) in [6.07, 6.45) is 1.94. The highest BCUT2D eigenvalue weighted by atomic mass is 35.5. The number of ether oxygens (including phenoxy) is 1. The van der Waals surface area contributed by atoms with Crippen molar-refractivity contribution in [3.05, 3.63) is 41.5 Å². The van der Waals surface area contributed by atoms with Gasteiger partial charge in [-0.3, -0.25) is 33.8 Å². The van der Waals surface area contributed by atoms with Crippen molar-refractivity contribution < 1.29 is 38.9 Å². The number of carboxylic acids is 1. The lowest BCUT2D eigenvalue weighted by molar-refractivity contribution is -0.142. The second-order valence-corrected chi connectivity index (χ2v) is 11.7. The molecule has 0 aromatic heterocycles. The Bertz CT molecular complexity index is 1280. The van der Waals surface area contributed by atoms with Gasteiger partial charge in [0.1, 0.15) is 12.4 Å². The minimum atomic E-state index is -1.87. The Morgan fingerprint density at radius 1 is 1.08 bits per heavy atom. The minimum Gasteiger partial charge on any atom is -0.491 e. The van der Waals surface area contributed by atoms with Crippen LogP contribution < -0.4 is 4.74 Å². The molecule has 6 atom stereocenters. The number of halogens is 2. The number of carbonyl (C=O) groups excluding carboxylic acids is 4. The zero-order valence-corrected chi connectivity index (χ0v) is 22.7. The van der Waals surface area contributed by atoms with E-state index in [0.29, 0.717) is 16.9 Å². The number of likely N-dealkylation sites (tertiary alicyclic amines) is 2. The zero-order valence-electron chi connectivity index (χ0n) is 21.1. The van der Waals surface area contributed by atoms with Gasteiger partial charge in [-0.2, -0.15) is 0 Å². The van der Waals surface area contributed by atoms with Gasteiger partial charge in [0.25, 0.3) is 11.8 Å². The third-order valence-corrected chi connectivity index (χ3v) is 9.86. The predicted octanol–water partition coefficient (Wildman–Crippen LogP) is 1.91. The lowest BCUT2D eigenvalue weighted by Crippen LogP contribution is -2.60. The molecule has 3 fully saturated rings. The van der Waals surface area contributed by atoms with Crippen LogP contribution >= 0.6 is 23.2 Å². The molecule has 2 N–H and O–H groups in total. The van der Waals surface area contributed by atoms with Gasteiger partial charge in [0, 0.05) is 25.9 Å². The number of hydrogen-bond donors (Lipinski definition) is 2. The Morgan fingerprint density at radius 2 is 1.77 bits per heavy atom. The summed E-state index contributed by atoms with van der Waals surface area (Å²) in [5.74, 6) is -5.60. The summed E-state index contributed by atoms with van der Waals surface area (Å²) in [7, 11) is 1.33. The van der Waals surface area contributed by atoms with E-state index in [0.717, 1.165) is 9.80 Å². The number of fused-ring (bicyclic) bond motifs is 4. The number of imide groups is 2. The number of aliphatic hydroxyl groups is 1. The lowest BCUT2D eigenvalue weighted by Gasteiger charge is -2.50. The van der Waals surface area contributed by atoms with Crippen molar-refractivity contribution in [3.63, 3.8) is 0 Å². The van der Waals surface area contributed by atoms with E-state index in [4.69, 9.17) is 38.2 Å². The van der Waals surface area contributed by atoms with E-state index in [1.54, 1.807) is 24.3 Å². The molecule has 0 unspecified atom stereocenters. The van der Waals surface area contributed by atoms with Crippen molar-refractivity contribution in [1.29, 1.82) is 0 Å². The fourth-order valence-electron chi connectivity index (χ4n) is 6.71. The monoisotopic (exact) mass is 578 g/mol. The van der Waals surface area contributed by atoms with Gasteiger partial charge in [0.05, 0.1) is 18.4 Å². The first-order valence-electron chi connectivity index (χ1n) is 12.8. The highest BCUT2D eigenvalue weighted by Gasteiger charge is 2.75. The quantitative estimate of drug-likeness (QED) is 0.270. The van der Waals surface area contributed by atoms with E-state index in [1.807, 2.05) is 6.08 Å². The Balaban J connectivity index is 1.57. The van der Waals surface area contributed by atoms with Gasteiger partial charge in [-0.05, 0) is 42.9 Å². The van der Waals surface area contributed by atoms with E-state index >= 15 is 0 Å². The fraction of sp³-hybridized carbons (Fsp3) is 0.519. The van der Waals surface area contributed by atoms with Crippen LogP contribution in [0.15, 0.2) is 35.9 Å². The number of aliphatic carboxylic acids is 1. The van der Waals surface area contributed by atoms with Crippen LogP contribution in [0.3, 0.4) is 0 Å². The second-order valence-electron chi connectivity index (χ2n) is 10.5. The van der Waals surface area contributed by atoms with Crippen molar-refractivity contribution in [1.82, 2.24) is 9.80 Å². The summed E-state index contributed by atoms with van der Waals surface area (Å²) in [4.78, 5) is 63.1. The highest BCUT2D eigenvalue weighted by molar-refractivity contribution is 6.53. The molecular weight excluding hydrogens is 551 g/mol. The van der Waals surface area contributed by atoms with Gasteiger partial charge in [0.2, 0.25) is 11.8 Å². The fourth-order valence-corrected chi connectivity index (χ4v) is 7.73. The van der Waals surface area contributed by atoms with Gasteiger partial charge in [-0.15, -0.1) is 23.2 Å². The number of aliphatic hydroxyl groups excluding tert-OH is 1. The van der Waals surface area contributed by atoms with E-state index in [2.05, 4.69) is 0 Å². The largest absolute Gasteiger partial charge is 0.491 e. The Kier molecular flexibility index (Phi) is 7.01. The van der Waals surface area contributed by atoms with E-state index < -0.39 is 57.1 Å². The van der Waals surface area contributed by atoms with Crippen LogP contribution in [0.2, 0.25) is 0 Å². The number of allylic oxidation sites excluding steroid dienone is 2. The molecule has 2 aliphatic heterocycles. The highest BCUT2D eigenvalue weighted by Crippen LogP contribution is 2.65. The van der Waals surface area contributed by atoms with E-state index in [-0.39, 0.29) is 51.3 Å². The molecule has 1 aromatic rings. The average molecular weight is 579 g/mol. The minimum absolute atomic E-state index is 0.0105. The topological polar surface area (TPSA) is 142 Å². The Labute approximate surface area is 234 Å². The molecular formula is C27H28Cl2N2O8. The maximum atomic E-state index is 13.6. The first kappa shape index (κ1) is 27.6. The van der Waals surface area contributed by atoms with Crippen molar-refractivity contribution in [3.8, 4) is 5.75 Å². The summed E-state index contributed by atoms with van der Waals surface area (Å²) in [6.45, 7) is -0.0758. The molecule has 1 aromatic carbocycles. The SMILES string of the molecule is CN1C(=O)[C@]2(Cl)C[C@@H]3C(=CC[C@@H]4C(=O)N(CCCC(=O)O)C(=O)[C@@H]43)[C@H](c3ccc(OCCO)cc3)[C@]2(Cl)C1=O. The third kappa shape index (κ3) is 3.98. The second kappa shape index (κ2) is 9.91. The maximum absolute atomic E-state index is 13.6. The smallest absolute Gasteiger partial charge is 0.303 e. The summed E-state index contributed by atoms with van der Waals surface area (Å²) in [5.41, 5.74) is 1.27. The van der Waals surface area contributed by atoms with Gasteiger partial charge >= 0.3 is 5.97 Å². The first-order valence-corrected chi connectivity index (χ1v) is 13.5. The molecule has 0 radical (unpaired) electrons. The normalized spacial score (nSPS) is 33.6. The van der Waals surface area contributed by atoms with Crippen LogP contribution in [-0.2, 0) is 24.0 Å². The van der Waals surface area contributed by atoms with Crippen molar-refractivity contribution in [2.75, 3.05) is 26.8 Å². The maximum Gasteiger partial charge on any atom is 0.303 e.